The molecule has 1 aromatic heterocycles. The Bertz CT molecular complexity index is 698. The van der Waals surface area contributed by atoms with Gasteiger partial charge in [0.2, 0.25) is 0 Å². The first-order chi connectivity index (χ1) is 11.9. The third-order valence-electron chi connectivity index (χ3n) is 4.60. The number of carbonyl (C=O) groups excluding carboxylic acids is 1. The molecule has 0 atom stereocenters. The van der Waals surface area contributed by atoms with Crippen molar-refractivity contribution >= 4 is 18.0 Å². The Morgan fingerprint density at radius 1 is 1.19 bits per heavy atom. The zero-order valence-electron chi connectivity index (χ0n) is 16.4. The van der Waals surface area contributed by atoms with Crippen LogP contribution in [0.4, 0.5) is 9.18 Å². The van der Waals surface area contributed by atoms with Crippen molar-refractivity contribution in [3.63, 3.8) is 0 Å². The number of halogens is 1. The van der Waals surface area contributed by atoms with E-state index in [4.69, 9.17) is 4.74 Å². The van der Waals surface area contributed by atoms with Crippen LogP contribution in [0.1, 0.15) is 46.0 Å². The number of pyridine rings is 1. The maximum Gasteiger partial charge on any atom is 0.410 e. The maximum absolute atomic E-state index is 14.0. The number of rotatable bonds is 3. The summed E-state index contributed by atoms with van der Waals surface area (Å²) >= 11 is 1.66. The van der Waals surface area contributed by atoms with E-state index in [1.807, 2.05) is 33.8 Å². The number of aromatic nitrogens is 1. The largest absolute Gasteiger partial charge is 0.444 e. The highest BCUT2D eigenvalue weighted by Gasteiger charge is 2.54. The van der Waals surface area contributed by atoms with Crippen LogP contribution in [0.15, 0.2) is 17.0 Å². The molecule has 7 heteroatoms. The van der Waals surface area contributed by atoms with Crippen molar-refractivity contribution < 1.29 is 13.9 Å². The van der Waals surface area contributed by atoms with Gasteiger partial charge in [0.15, 0.2) is 0 Å². The van der Waals surface area contributed by atoms with Gasteiger partial charge in [-0.05, 0) is 65.6 Å². The average molecular weight is 382 g/mol. The highest BCUT2D eigenvalue weighted by molar-refractivity contribution is 7.97. The van der Waals surface area contributed by atoms with Crippen molar-refractivity contribution in [2.75, 3.05) is 26.2 Å². The summed E-state index contributed by atoms with van der Waals surface area (Å²) < 4.78 is 21.7. The molecule has 1 aromatic rings. The summed E-state index contributed by atoms with van der Waals surface area (Å²) in [6.07, 6.45) is -0.223. The van der Waals surface area contributed by atoms with Crippen molar-refractivity contribution in [2.45, 2.75) is 57.7 Å². The summed E-state index contributed by atoms with van der Waals surface area (Å²) in [5, 5.41) is 0. The third kappa shape index (κ3) is 4.14. The fourth-order valence-corrected chi connectivity index (χ4v) is 4.56. The summed E-state index contributed by atoms with van der Waals surface area (Å²) in [7, 11) is 0. The van der Waals surface area contributed by atoms with Crippen LogP contribution in [0.5, 0.6) is 0 Å². The molecule has 0 bridgehead atoms. The molecule has 1 spiro atoms. The molecule has 0 aromatic carbocycles. The summed E-state index contributed by atoms with van der Waals surface area (Å²) in [6, 6.07) is 3.71. The van der Waals surface area contributed by atoms with Gasteiger partial charge < -0.3 is 9.64 Å². The van der Waals surface area contributed by atoms with Crippen LogP contribution >= 0.6 is 11.9 Å². The number of ether oxygens (including phenoxy) is 1. The Hall–Kier alpha value is -1.34. The van der Waals surface area contributed by atoms with Gasteiger partial charge in [-0.3, -0.25) is 4.98 Å². The molecule has 3 heterocycles. The number of carbonyl (C=O) groups is 1. The lowest BCUT2D eigenvalue weighted by Crippen LogP contribution is -2.71. The third-order valence-corrected chi connectivity index (χ3v) is 5.75. The fraction of sp³-hybridized carbons (Fsp3) is 0.684. The van der Waals surface area contributed by atoms with Gasteiger partial charge in [-0.25, -0.2) is 13.5 Å². The highest BCUT2D eigenvalue weighted by atomic mass is 32.2. The smallest absolute Gasteiger partial charge is 0.410 e. The monoisotopic (exact) mass is 381 g/mol. The van der Waals surface area contributed by atoms with Crippen molar-refractivity contribution in [3.05, 3.63) is 23.5 Å². The zero-order valence-corrected chi connectivity index (χ0v) is 17.2. The van der Waals surface area contributed by atoms with Crippen molar-refractivity contribution in [1.82, 2.24) is 14.2 Å². The summed E-state index contributed by atoms with van der Waals surface area (Å²) in [5.74, 6) is 0. The minimum absolute atomic E-state index is 0.201. The standard InChI is InChI=1S/C19H28FN3O2S/c1-13-14(7-8-15(21-13)18(5,6)20)26-23-11-19(12-23)9-22(10-19)16(24)25-17(2,3)4/h7-8H,9-12H2,1-6H3. The summed E-state index contributed by atoms with van der Waals surface area (Å²) in [6.45, 7) is 14.0. The Kier molecular flexibility index (Phi) is 4.76. The van der Waals surface area contributed by atoms with E-state index in [0.717, 1.165) is 36.8 Å². The highest BCUT2D eigenvalue weighted by Crippen LogP contribution is 2.45. The Morgan fingerprint density at radius 3 is 2.31 bits per heavy atom. The molecular weight excluding hydrogens is 353 g/mol. The molecule has 5 nitrogen and oxygen atoms in total. The Morgan fingerprint density at radius 2 is 1.81 bits per heavy atom. The summed E-state index contributed by atoms with van der Waals surface area (Å²) in [4.78, 5) is 19.3. The lowest BCUT2D eigenvalue weighted by atomic mass is 9.75. The van der Waals surface area contributed by atoms with E-state index in [-0.39, 0.29) is 11.5 Å². The first kappa shape index (κ1) is 19.4. The number of likely N-dealkylation sites (tertiary alicyclic amines) is 1. The van der Waals surface area contributed by atoms with E-state index in [1.54, 1.807) is 22.9 Å². The van der Waals surface area contributed by atoms with Crippen LogP contribution in [0, 0.1) is 12.3 Å². The van der Waals surface area contributed by atoms with E-state index < -0.39 is 11.3 Å². The molecule has 2 saturated heterocycles. The average Bonchev–Trinajstić information content (AvgIpc) is 2.38. The SMILES string of the molecule is Cc1nc(C(C)(C)F)ccc1SN1CC2(C1)CN(C(=O)OC(C)(C)C)C2. The molecule has 0 unspecified atom stereocenters. The first-order valence-corrected chi connectivity index (χ1v) is 9.72. The normalized spacial score (nSPS) is 19.9. The van der Waals surface area contributed by atoms with Gasteiger partial charge in [-0.1, -0.05) is 0 Å². The van der Waals surface area contributed by atoms with Gasteiger partial charge in [-0.2, -0.15) is 0 Å². The van der Waals surface area contributed by atoms with E-state index in [9.17, 15) is 9.18 Å². The second-order valence-electron chi connectivity index (χ2n) is 8.98. The van der Waals surface area contributed by atoms with Crippen LogP contribution in [-0.2, 0) is 10.4 Å². The topological polar surface area (TPSA) is 45.7 Å². The van der Waals surface area contributed by atoms with Gasteiger partial charge in [0, 0.05) is 36.5 Å². The maximum atomic E-state index is 14.0. The van der Waals surface area contributed by atoms with Crippen LogP contribution in [0.2, 0.25) is 0 Å². The van der Waals surface area contributed by atoms with E-state index in [0.29, 0.717) is 5.69 Å². The zero-order chi connectivity index (χ0) is 19.3. The lowest BCUT2D eigenvalue weighted by Gasteiger charge is -2.59. The molecule has 0 N–H and O–H groups in total. The molecule has 144 valence electrons. The predicted octanol–water partition coefficient (Wildman–Crippen LogP) is 4.15. The predicted molar refractivity (Wildman–Crippen MR) is 101 cm³/mol. The number of nitrogens with zero attached hydrogens (tertiary/aromatic N) is 3. The molecule has 0 aliphatic carbocycles. The number of amides is 1. The number of hydrogen-bond donors (Lipinski definition) is 0. The van der Waals surface area contributed by atoms with E-state index >= 15 is 0 Å². The van der Waals surface area contributed by atoms with Gasteiger partial charge in [0.1, 0.15) is 11.3 Å². The van der Waals surface area contributed by atoms with Gasteiger partial charge >= 0.3 is 6.09 Å². The summed E-state index contributed by atoms with van der Waals surface area (Å²) in [5.41, 5.74) is -0.362. The number of aryl methyl sites for hydroxylation is 1. The molecule has 2 aliphatic heterocycles. The molecule has 1 amide bonds. The van der Waals surface area contributed by atoms with Crippen molar-refractivity contribution in [1.29, 1.82) is 0 Å². The van der Waals surface area contributed by atoms with Crippen molar-refractivity contribution in [2.24, 2.45) is 5.41 Å². The van der Waals surface area contributed by atoms with E-state index in [1.165, 1.54) is 13.8 Å². The molecule has 2 fully saturated rings. The minimum atomic E-state index is -1.42. The van der Waals surface area contributed by atoms with Gasteiger partial charge in [-0.15, -0.1) is 0 Å². The van der Waals surface area contributed by atoms with Crippen LogP contribution in [0.3, 0.4) is 0 Å². The van der Waals surface area contributed by atoms with Crippen LogP contribution in [-0.4, -0.2) is 52.1 Å². The van der Waals surface area contributed by atoms with Crippen LogP contribution < -0.4 is 0 Å². The minimum Gasteiger partial charge on any atom is -0.444 e. The molecular formula is C19H28FN3O2S. The number of alkyl halides is 1. The molecule has 0 radical (unpaired) electrons. The molecule has 2 aliphatic rings. The fourth-order valence-electron chi connectivity index (χ4n) is 3.30. The first-order valence-electron chi connectivity index (χ1n) is 8.95. The second-order valence-corrected chi connectivity index (χ2v) is 10.1. The number of hydrogen-bond acceptors (Lipinski definition) is 5. The Balaban J connectivity index is 1.49. The Labute approximate surface area is 159 Å². The molecule has 3 rings (SSSR count). The van der Waals surface area contributed by atoms with E-state index in [2.05, 4.69) is 9.29 Å². The molecule has 0 saturated carbocycles. The molecule has 26 heavy (non-hydrogen) atoms. The second kappa shape index (κ2) is 6.37. The van der Waals surface area contributed by atoms with Crippen LogP contribution in [0.25, 0.3) is 0 Å². The van der Waals surface area contributed by atoms with Gasteiger partial charge in [0.25, 0.3) is 0 Å². The lowest BCUT2D eigenvalue weighted by molar-refractivity contribution is -0.0812. The van der Waals surface area contributed by atoms with Gasteiger partial charge in [0.05, 0.1) is 11.4 Å². The van der Waals surface area contributed by atoms with Crippen molar-refractivity contribution in [3.8, 4) is 0 Å². The quantitative estimate of drug-likeness (QED) is 0.736.